The molecule has 1 aliphatic rings. The van der Waals surface area contributed by atoms with Gasteiger partial charge in [-0.2, -0.15) is 4.98 Å². The number of anilines is 3. The Morgan fingerprint density at radius 2 is 1.55 bits per heavy atom. The minimum Gasteiger partial charge on any atom is -0.353 e. The first-order valence-electron chi connectivity index (χ1n) is 11.3. The lowest BCUT2D eigenvalue weighted by atomic mass is 10.1. The van der Waals surface area contributed by atoms with E-state index in [-0.39, 0.29) is 5.91 Å². The Morgan fingerprint density at radius 1 is 0.818 bits per heavy atom. The molecular formula is C27H27N5O. The zero-order valence-corrected chi connectivity index (χ0v) is 19.0. The molecule has 4 aromatic rings. The van der Waals surface area contributed by atoms with Crippen LogP contribution in [0.5, 0.6) is 0 Å². The number of hydrogen-bond donors (Lipinski definition) is 1. The molecule has 0 aliphatic carbocycles. The average molecular weight is 438 g/mol. The van der Waals surface area contributed by atoms with Gasteiger partial charge in [0.05, 0.1) is 0 Å². The van der Waals surface area contributed by atoms with Crippen LogP contribution < -0.4 is 10.2 Å². The number of carbonyl (C=O) groups is 1. The Kier molecular flexibility index (Phi) is 5.65. The first-order valence-corrected chi connectivity index (χ1v) is 11.3. The van der Waals surface area contributed by atoms with Crippen LogP contribution in [-0.4, -0.2) is 47.0 Å². The zero-order chi connectivity index (χ0) is 22.8. The van der Waals surface area contributed by atoms with Gasteiger partial charge < -0.3 is 15.1 Å². The van der Waals surface area contributed by atoms with Crippen LogP contribution in [0.3, 0.4) is 0 Å². The van der Waals surface area contributed by atoms with Gasteiger partial charge in [0.25, 0.3) is 5.91 Å². The van der Waals surface area contributed by atoms with E-state index in [0.29, 0.717) is 19.0 Å². The SMILES string of the molecule is Cc1ccc(Nc2nc(C)cc(N3CCN(C(=O)c4ccc5ccccc5c4)CC3)n2)cc1. The minimum absolute atomic E-state index is 0.0843. The van der Waals surface area contributed by atoms with Gasteiger partial charge in [0.2, 0.25) is 5.95 Å². The largest absolute Gasteiger partial charge is 0.353 e. The molecule has 0 radical (unpaired) electrons. The summed E-state index contributed by atoms with van der Waals surface area (Å²) in [6.45, 7) is 6.84. The second-order valence-electron chi connectivity index (χ2n) is 8.52. The molecule has 1 amide bonds. The maximum Gasteiger partial charge on any atom is 0.253 e. The number of rotatable bonds is 4. The predicted octanol–water partition coefficient (Wildman–Crippen LogP) is 4.95. The molecule has 6 heteroatoms. The van der Waals surface area contributed by atoms with Gasteiger partial charge in [-0.15, -0.1) is 0 Å². The molecule has 1 saturated heterocycles. The molecule has 1 N–H and O–H groups in total. The number of nitrogens with zero attached hydrogens (tertiary/aromatic N) is 4. The molecule has 1 aromatic heterocycles. The van der Waals surface area contributed by atoms with Crippen LogP contribution in [0.2, 0.25) is 0 Å². The van der Waals surface area contributed by atoms with Gasteiger partial charge in [-0.05, 0) is 48.9 Å². The van der Waals surface area contributed by atoms with Gasteiger partial charge >= 0.3 is 0 Å². The lowest BCUT2D eigenvalue weighted by Gasteiger charge is -2.35. The fraction of sp³-hybridized carbons (Fsp3) is 0.222. The summed E-state index contributed by atoms with van der Waals surface area (Å²) < 4.78 is 0. The highest BCUT2D eigenvalue weighted by Gasteiger charge is 2.23. The topological polar surface area (TPSA) is 61.4 Å². The molecular weight excluding hydrogens is 410 g/mol. The van der Waals surface area contributed by atoms with Crippen molar-refractivity contribution in [3.63, 3.8) is 0 Å². The number of aryl methyl sites for hydroxylation is 2. The third kappa shape index (κ3) is 4.65. The number of carbonyl (C=O) groups excluding carboxylic acids is 1. The molecule has 0 bridgehead atoms. The van der Waals surface area contributed by atoms with Crippen LogP contribution in [0.1, 0.15) is 21.6 Å². The molecule has 0 atom stereocenters. The summed E-state index contributed by atoms with van der Waals surface area (Å²) in [6.07, 6.45) is 0. The van der Waals surface area contributed by atoms with E-state index < -0.39 is 0 Å². The first-order chi connectivity index (χ1) is 16.0. The smallest absolute Gasteiger partial charge is 0.253 e. The first kappa shape index (κ1) is 20.9. The molecule has 33 heavy (non-hydrogen) atoms. The van der Waals surface area contributed by atoms with E-state index in [2.05, 4.69) is 40.3 Å². The van der Waals surface area contributed by atoms with Crippen molar-refractivity contribution in [1.29, 1.82) is 0 Å². The van der Waals surface area contributed by atoms with Crippen LogP contribution >= 0.6 is 0 Å². The number of nitrogens with one attached hydrogen (secondary N) is 1. The van der Waals surface area contributed by atoms with Gasteiger partial charge in [0, 0.05) is 49.2 Å². The van der Waals surface area contributed by atoms with E-state index in [4.69, 9.17) is 4.98 Å². The zero-order valence-electron chi connectivity index (χ0n) is 19.0. The maximum absolute atomic E-state index is 13.1. The van der Waals surface area contributed by atoms with E-state index in [1.807, 2.05) is 66.4 Å². The molecule has 166 valence electrons. The summed E-state index contributed by atoms with van der Waals surface area (Å²) in [5, 5.41) is 5.54. The van der Waals surface area contributed by atoms with E-state index in [1.54, 1.807) is 0 Å². The highest BCUT2D eigenvalue weighted by molar-refractivity contribution is 5.98. The minimum atomic E-state index is 0.0843. The summed E-state index contributed by atoms with van der Waals surface area (Å²) >= 11 is 0. The molecule has 1 fully saturated rings. The number of aromatic nitrogens is 2. The Labute approximate surface area is 193 Å². The molecule has 5 rings (SSSR count). The third-order valence-corrected chi connectivity index (χ3v) is 6.04. The van der Waals surface area contributed by atoms with Crippen molar-refractivity contribution in [2.75, 3.05) is 36.4 Å². The number of fused-ring (bicyclic) bond motifs is 1. The summed E-state index contributed by atoms with van der Waals surface area (Å²) in [5.41, 5.74) is 3.82. The number of benzene rings is 3. The van der Waals surface area contributed by atoms with Crippen LogP contribution in [0.4, 0.5) is 17.5 Å². The Balaban J connectivity index is 1.27. The van der Waals surface area contributed by atoms with Crippen LogP contribution in [0.25, 0.3) is 10.8 Å². The summed E-state index contributed by atoms with van der Waals surface area (Å²) in [7, 11) is 0. The molecule has 0 spiro atoms. The van der Waals surface area contributed by atoms with E-state index in [0.717, 1.165) is 46.6 Å². The van der Waals surface area contributed by atoms with Crippen LogP contribution in [0, 0.1) is 13.8 Å². The summed E-state index contributed by atoms with van der Waals surface area (Å²) in [5.74, 6) is 1.56. The van der Waals surface area contributed by atoms with E-state index in [1.165, 1.54) is 5.56 Å². The van der Waals surface area contributed by atoms with Crippen molar-refractivity contribution in [3.8, 4) is 0 Å². The Bertz CT molecular complexity index is 1290. The molecule has 3 aromatic carbocycles. The van der Waals surface area contributed by atoms with Crippen molar-refractivity contribution >= 4 is 34.1 Å². The standard InChI is InChI=1S/C27H27N5O/c1-19-7-11-24(12-8-19)29-27-28-20(2)17-25(30-27)31-13-15-32(16-14-31)26(33)23-10-9-21-5-3-4-6-22(21)18-23/h3-12,17-18H,13-16H2,1-2H3,(H,28,29,30). The van der Waals surface area contributed by atoms with E-state index >= 15 is 0 Å². The molecule has 1 aliphatic heterocycles. The van der Waals surface area contributed by atoms with Crippen molar-refractivity contribution in [2.45, 2.75) is 13.8 Å². The molecule has 0 saturated carbocycles. The normalized spacial score (nSPS) is 13.9. The second-order valence-corrected chi connectivity index (χ2v) is 8.52. The fourth-order valence-corrected chi connectivity index (χ4v) is 4.18. The van der Waals surface area contributed by atoms with E-state index in [9.17, 15) is 4.79 Å². The highest BCUT2D eigenvalue weighted by Crippen LogP contribution is 2.22. The van der Waals surface area contributed by atoms with Crippen molar-refractivity contribution < 1.29 is 4.79 Å². The lowest BCUT2D eigenvalue weighted by Crippen LogP contribution is -2.49. The number of amides is 1. The lowest BCUT2D eigenvalue weighted by molar-refractivity contribution is 0.0746. The second kappa shape index (κ2) is 8.90. The monoisotopic (exact) mass is 437 g/mol. The quantitative estimate of drug-likeness (QED) is 0.489. The molecule has 0 unspecified atom stereocenters. The van der Waals surface area contributed by atoms with Crippen LogP contribution in [0.15, 0.2) is 72.8 Å². The number of piperazine rings is 1. The Hall–Kier alpha value is -3.93. The molecule has 6 nitrogen and oxygen atoms in total. The third-order valence-electron chi connectivity index (χ3n) is 6.04. The fourth-order valence-electron chi connectivity index (χ4n) is 4.18. The maximum atomic E-state index is 13.1. The van der Waals surface area contributed by atoms with Gasteiger partial charge in [-0.25, -0.2) is 4.98 Å². The van der Waals surface area contributed by atoms with Crippen molar-refractivity contribution in [1.82, 2.24) is 14.9 Å². The number of hydrogen-bond acceptors (Lipinski definition) is 5. The van der Waals surface area contributed by atoms with Gasteiger partial charge in [-0.1, -0.05) is 48.0 Å². The van der Waals surface area contributed by atoms with Crippen LogP contribution in [-0.2, 0) is 0 Å². The predicted molar refractivity (Wildman–Crippen MR) is 133 cm³/mol. The Morgan fingerprint density at radius 3 is 2.30 bits per heavy atom. The van der Waals surface area contributed by atoms with Crippen molar-refractivity contribution in [2.24, 2.45) is 0 Å². The van der Waals surface area contributed by atoms with Gasteiger partial charge in [0.1, 0.15) is 5.82 Å². The summed E-state index contributed by atoms with van der Waals surface area (Å²) in [6, 6.07) is 24.2. The summed E-state index contributed by atoms with van der Waals surface area (Å²) in [4.78, 5) is 26.5. The van der Waals surface area contributed by atoms with Crippen molar-refractivity contribution in [3.05, 3.63) is 89.6 Å². The average Bonchev–Trinajstić information content (AvgIpc) is 2.84. The molecule has 2 heterocycles. The van der Waals surface area contributed by atoms with Gasteiger partial charge in [-0.3, -0.25) is 4.79 Å². The highest BCUT2D eigenvalue weighted by atomic mass is 16.2. The van der Waals surface area contributed by atoms with Gasteiger partial charge in [0.15, 0.2) is 0 Å².